The van der Waals surface area contributed by atoms with Gasteiger partial charge in [-0.1, -0.05) is 13.8 Å². The van der Waals surface area contributed by atoms with E-state index in [9.17, 15) is 9.59 Å². The van der Waals surface area contributed by atoms with Crippen LogP contribution in [0.1, 0.15) is 33.1 Å². The molecule has 0 spiro atoms. The summed E-state index contributed by atoms with van der Waals surface area (Å²) < 4.78 is 0. The van der Waals surface area contributed by atoms with E-state index in [1.807, 2.05) is 0 Å². The maximum Gasteiger partial charge on any atom is 0.315 e. The van der Waals surface area contributed by atoms with Gasteiger partial charge in [0.2, 0.25) is 0 Å². The third kappa shape index (κ3) is 5.92. The molecule has 2 amide bonds. The fourth-order valence-electron chi connectivity index (χ4n) is 2.22. The van der Waals surface area contributed by atoms with Gasteiger partial charge in [-0.2, -0.15) is 0 Å². The SMILES string of the molecule is CCN1CCCC(NC(=O)NCCC(C)C(=O)O)C1. The molecule has 0 aromatic heterocycles. The van der Waals surface area contributed by atoms with E-state index in [0.29, 0.717) is 13.0 Å². The van der Waals surface area contributed by atoms with Crippen LogP contribution in [0.3, 0.4) is 0 Å². The smallest absolute Gasteiger partial charge is 0.315 e. The number of hydrogen-bond acceptors (Lipinski definition) is 3. The Bertz CT molecular complexity index is 310. The molecule has 0 radical (unpaired) electrons. The second kappa shape index (κ2) is 7.99. The number of carbonyl (C=O) groups is 2. The van der Waals surface area contributed by atoms with E-state index in [2.05, 4.69) is 22.5 Å². The van der Waals surface area contributed by atoms with Crippen molar-refractivity contribution in [3.8, 4) is 0 Å². The summed E-state index contributed by atoms with van der Waals surface area (Å²) in [5.41, 5.74) is 0. The number of likely N-dealkylation sites (tertiary alicyclic amines) is 1. The van der Waals surface area contributed by atoms with Crippen molar-refractivity contribution in [3.63, 3.8) is 0 Å². The first-order chi connectivity index (χ1) is 9.02. The molecule has 0 bridgehead atoms. The third-order valence-corrected chi connectivity index (χ3v) is 3.57. The summed E-state index contributed by atoms with van der Waals surface area (Å²) in [5, 5.41) is 14.4. The van der Waals surface area contributed by atoms with E-state index in [-0.39, 0.29) is 12.1 Å². The third-order valence-electron chi connectivity index (χ3n) is 3.57. The van der Waals surface area contributed by atoms with Crippen LogP contribution in [0.2, 0.25) is 0 Å². The van der Waals surface area contributed by atoms with Gasteiger partial charge in [-0.3, -0.25) is 4.79 Å². The van der Waals surface area contributed by atoms with Gasteiger partial charge in [-0.05, 0) is 32.4 Å². The first-order valence-corrected chi connectivity index (χ1v) is 7.02. The lowest BCUT2D eigenvalue weighted by Gasteiger charge is -2.32. The Morgan fingerprint density at radius 2 is 2.21 bits per heavy atom. The Balaban J connectivity index is 2.18. The maximum atomic E-state index is 11.7. The number of aliphatic carboxylic acids is 1. The second-order valence-corrected chi connectivity index (χ2v) is 5.16. The number of amides is 2. The number of likely N-dealkylation sites (N-methyl/N-ethyl adjacent to an activating group) is 1. The van der Waals surface area contributed by atoms with Gasteiger partial charge in [0.25, 0.3) is 0 Å². The van der Waals surface area contributed by atoms with Gasteiger partial charge in [0.1, 0.15) is 0 Å². The molecule has 2 atom stereocenters. The highest BCUT2D eigenvalue weighted by Crippen LogP contribution is 2.09. The van der Waals surface area contributed by atoms with Crippen LogP contribution in [0.25, 0.3) is 0 Å². The van der Waals surface area contributed by atoms with Crippen molar-refractivity contribution >= 4 is 12.0 Å². The Kier molecular flexibility index (Phi) is 6.62. The number of nitrogens with zero attached hydrogens (tertiary/aromatic N) is 1. The van der Waals surface area contributed by atoms with E-state index >= 15 is 0 Å². The zero-order valence-corrected chi connectivity index (χ0v) is 11.8. The van der Waals surface area contributed by atoms with Crippen LogP contribution in [-0.2, 0) is 4.79 Å². The summed E-state index contributed by atoms with van der Waals surface area (Å²) in [7, 11) is 0. The average Bonchev–Trinajstić information content (AvgIpc) is 2.38. The molecule has 1 heterocycles. The molecule has 1 aliphatic rings. The highest BCUT2D eigenvalue weighted by Gasteiger charge is 2.20. The number of urea groups is 1. The van der Waals surface area contributed by atoms with Crippen LogP contribution in [0.15, 0.2) is 0 Å². The Morgan fingerprint density at radius 3 is 2.84 bits per heavy atom. The first-order valence-electron chi connectivity index (χ1n) is 7.02. The summed E-state index contributed by atoms with van der Waals surface area (Å²) in [6, 6.07) is 0.00568. The molecular formula is C13H25N3O3. The number of piperidine rings is 1. The Hall–Kier alpha value is -1.30. The number of carboxylic acid groups (broad SMARTS) is 1. The minimum absolute atomic E-state index is 0.194. The molecule has 0 aliphatic carbocycles. The minimum Gasteiger partial charge on any atom is -0.481 e. The van der Waals surface area contributed by atoms with Crippen LogP contribution in [0, 0.1) is 5.92 Å². The standard InChI is InChI=1S/C13H25N3O3/c1-3-16-8-4-5-11(9-16)15-13(19)14-7-6-10(2)12(17)18/h10-11H,3-9H2,1-2H3,(H,17,18)(H2,14,15,19). The molecule has 110 valence electrons. The Labute approximate surface area is 114 Å². The van der Waals surface area contributed by atoms with Crippen molar-refractivity contribution in [2.75, 3.05) is 26.2 Å². The second-order valence-electron chi connectivity index (χ2n) is 5.16. The summed E-state index contributed by atoms with van der Waals surface area (Å²) >= 11 is 0. The molecule has 0 aromatic carbocycles. The number of rotatable bonds is 6. The average molecular weight is 271 g/mol. The molecule has 1 fully saturated rings. The van der Waals surface area contributed by atoms with Crippen molar-refractivity contribution in [2.24, 2.45) is 5.92 Å². The normalized spacial score (nSPS) is 21.7. The number of nitrogens with one attached hydrogen (secondary N) is 2. The summed E-state index contributed by atoms with van der Waals surface area (Å²) in [6.07, 6.45) is 2.57. The highest BCUT2D eigenvalue weighted by molar-refractivity contribution is 5.74. The van der Waals surface area contributed by atoms with Crippen LogP contribution >= 0.6 is 0 Å². The molecule has 2 unspecified atom stereocenters. The molecule has 0 saturated carbocycles. The lowest BCUT2D eigenvalue weighted by molar-refractivity contribution is -0.141. The van der Waals surface area contributed by atoms with Gasteiger partial charge in [-0.25, -0.2) is 4.79 Å². The molecule has 1 saturated heterocycles. The molecule has 3 N–H and O–H groups in total. The quantitative estimate of drug-likeness (QED) is 0.670. The minimum atomic E-state index is -0.826. The van der Waals surface area contributed by atoms with E-state index in [1.54, 1.807) is 6.92 Å². The van der Waals surface area contributed by atoms with E-state index in [0.717, 1.165) is 32.5 Å². The lowest BCUT2D eigenvalue weighted by Crippen LogP contribution is -2.50. The van der Waals surface area contributed by atoms with Crippen molar-refractivity contribution in [3.05, 3.63) is 0 Å². The number of carbonyl (C=O) groups excluding carboxylic acids is 1. The number of hydrogen-bond donors (Lipinski definition) is 3. The van der Waals surface area contributed by atoms with Crippen molar-refractivity contribution in [2.45, 2.75) is 39.2 Å². The monoisotopic (exact) mass is 271 g/mol. The molecular weight excluding hydrogens is 246 g/mol. The lowest BCUT2D eigenvalue weighted by atomic mass is 10.1. The molecule has 1 aliphatic heterocycles. The fourth-order valence-corrected chi connectivity index (χ4v) is 2.22. The number of carboxylic acids is 1. The summed E-state index contributed by atoms with van der Waals surface area (Å²) in [5.74, 6) is -1.25. The van der Waals surface area contributed by atoms with Gasteiger partial charge >= 0.3 is 12.0 Å². The fraction of sp³-hybridized carbons (Fsp3) is 0.846. The van der Waals surface area contributed by atoms with E-state index in [1.165, 1.54) is 0 Å². The van der Waals surface area contributed by atoms with Crippen molar-refractivity contribution in [1.82, 2.24) is 15.5 Å². The van der Waals surface area contributed by atoms with Crippen molar-refractivity contribution in [1.29, 1.82) is 0 Å². The van der Waals surface area contributed by atoms with Crippen LogP contribution in [-0.4, -0.2) is 54.2 Å². The van der Waals surface area contributed by atoms with E-state index < -0.39 is 11.9 Å². The first kappa shape index (κ1) is 15.8. The topological polar surface area (TPSA) is 81.7 Å². The molecule has 6 heteroatoms. The Morgan fingerprint density at radius 1 is 1.47 bits per heavy atom. The zero-order valence-electron chi connectivity index (χ0n) is 11.8. The molecule has 19 heavy (non-hydrogen) atoms. The molecule has 6 nitrogen and oxygen atoms in total. The van der Waals surface area contributed by atoms with Crippen LogP contribution in [0.4, 0.5) is 4.79 Å². The largest absolute Gasteiger partial charge is 0.481 e. The van der Waals surface area contributed by atoms with Gasteiger partial charge in [0, 0.05) is 19.1 Å². The highest BCUT2D eigenvalue weighted by atomic mass is 16.4. The maximum absolute atomic E-state index is 11.7. The van der Waals surface area contributed by atoms with Crippen LogP contribution < -0.4 is 10.6 Å². The van der Waals surface area contributed by atoms with Gasteiger partial charge in [0.15, 0.2) is 0 Å². The predicted octanol–water partition coefficient (Wildman–Crippen LogP) is 0.881. The van der Waals surface area contributed by atoms with Gasteiger partial charge in [-0.15, -0.1) is 0 Å². The summed E-state index contributed by atoms with van der Waals surface area (Å²) in [4.78, 5) is 24.6. The zero-order chi connectivity index (χ0) is 14.3. The van der Waals surface area contributed by atoms with Gasteiger partial charge < -0.3 is 20.6 Å². The van der Waals surface area contributed by atoms with Gasteiger partial charge in [0.05, 0.1) is 5.92 Å². The van der Waals surface area contributed by atoms with E-state index in [4.69, 9.17) is 5.11 Å². The van der Waals surface area contributed by atoms with Crippen molar-refractivity contribution < 1.29 is 14.7 Å². The van der Waals surface area contributed by atoms with Crippen LogP contribution in [0.5, 0.6) is 0 Å². The molecule has 1 rings (SSSR count). The summed E-state index contributed by atoms with van der Waals surface area (Å²) in [6.45, 7) is 7.17. The molecule has 0 aromatic rings. The predicted molar refractivity (Wildman–Crippen MR) is 73.1 cm³/mol.